The minimum absolute atomic E-state index is 0.0349. The maximum atomic E-state index is 12.8. The number of ether oxygens (including phenoxy) is 1. The van der Waals surface area contributed by atoms with Gasteiger partial charge in [0.2, 0.25) is 0 Å². The molecule has 0 bridgehead atoms. The Morgan fingerprint density at radius 2 is 1.59 bits per heavy atom. The van der Waals surface area contributed by atoms with E-state index in [1.807, 2.05) is 0 Å². The van der Waals surface area contributed by atoms with E-state index in [0.29, 0.717) is 28.6 Å². The predicted molar refractivity (Wildman–Crippen MR) is 142 cm³/mol. The predicted octanol–water partition coefficient (Wildman–Crippen LogP) is 3.38. The zero-order valence-electron chi connectivity index (χ0n) is 20.3. The smallest absolute Gasteiger partial charge is 0.304 e. The Balaban J connectivity index is 1.26. The summed E-state index contributed by atoms with van der Waals surface area (Å²) in [5, 5.41) is 0.940. The van der Waals surface area contributed by atoms with Gasteiger partial charge in [-0.3, -0.25) is 4.79 Å². The first-order chi connectivity index (χ1) is 17.4. The van der Waals surface area contributed by atoms with Gasteiger partial charge in [-0.25, -0.2) is 13.1 Å². The van der Waals surface area contributed by atoms with Crippen LogP contribution in [0.3, 0.4) is 0 Å². The average molecular weight is 591 g/mol. The molecule has 4 rings (SSSR count). The molecule has 0 spiro atoms. The Morgan fingerprint density at radius 3 is 2.22 bits per heavy atom. The van der Waals surface area contributed by atoms with E-state index in [0.717, 1.165) is 32.2 Å². The highest BCUT2D eigenvalue weighted by Gasteiger charge is 2.33. The van der Waals surface area contributed by atoms with Gasteiger partial charge in [-0.2, -0.15) is 12.7 Å². The molecule has 2 aliphatic rings. The number of halogens is 2. The van der Waals surface area contributed by atoms with E-state index in [4.69, 9.17) is 27.9 Å². The number of nitrogens with one attached hydrogen (secondary N) is 1. The lowest BCUT2D eigenvalue weighted by atomic mass is 10.00. The molecular formula is C24H29Cl2N3O6S2. The van der Waals surface area contributed by atoms with Crippen molar-refractivity contribution in [2.45, 2.75) is 42.7 Å². The molecule has 0 aromatic heterocycles. The highest BCUT2D eigenvalue weighted by atomic mass is 35.5. The summed E-state index contributed by atoms with van der Waals surface area (Å²) in [6.45, 7) is 2.26. The normalized spacial score (nSPS) is 19.0. The molecule has 9 nitrogen and oxygen atoms in total. The van der Waals surface area contributed by atoms with E-state index < -0.39 is 26.0 Å². The minimum Gasteiger partial charge on any atom is -0.490 e. The molecule has 2 aromatic rings. The summed E-state index contributed by atoms with van der Waals surface area (Å²) < 4.78 is 58.5. The van der Waals surface area contributed by atoms with Crippen molar-refractivity contribution in [2.24, 2.45) is 0 Å². The van der Waals surface area contributed by atoms with Crippen LogP contribution in [0.15, 0.2) is 47.4 Å². The fraction of sp³-hybridized carbons (Fsp3) is 0.458. The van der Waals surface area contributed by atoms with E-state index in [9.17, 15) is 21.6 Å². The number of sulfone groups is 1. The number of hydrogen-bond donors (Lipinski definition) is 1. The minimum atomic E-state index is -4.06. The average Bonchev–Trinajstić information content (AvgIpc) is 2.86. The Morgan fingerprint density at radius 1 is 0.919 bits per heavy atom. The van der Waals surface area contributed by atoms with Gasteiger partial charge in [0.1, 0.15) is 11.9 Å². The first-order valence-electron chi connectivity index (χ1n) is 11.9. The van der Waals surface area contributed by atoms with Gasteiger partial charge in [-0.15, -0.1) is 0 Å². The van der Waals surface area contributed by atoms with Gasteiger partial charge in [0.25, 0.3) is 5.91 Å². The van der Waals surface area contributed by atoms with Crippen LogP contribution in [0.2, 0.25) is 10.0 Å². The summed E-state index contributed by atoms with van der Waals surface area (Å²) >= 11 is 12.0. The van der Waals surface area contributed by atoms with Gasteiger partial charge in [0.15, 0.2) is 9.84 Å². The number of carbonyl (C=O) groups is 1. The molecule has 0 unspecified atom stereocenters. The van der Waals surface area contributed by atoms with Crippen LogP contribution in [-0.4, -0.2) is 76.5 Å². The number of hydrogen-bond acceptors (Lipinski definition) is 7. The molecule has 1 N–H and O–H groups in total. The summed E-state index contributed by atoms with van der Waals surface area (Å²) in [6, 6.07) is 10.8. The Labute approximate surface area is 227 Å². The number of carbonyl (C=O) groups excluding carboxylic acids is 1. The van der Waals surface area contributed by atoms with E-state index >= 15 is 0 Å². The van der Waals surface area contributed by atoms with Crippen LogP contribution >= 0.6 is 23.2 Å². The lowest BCUT2D eigenvalue weighted by Crippen LogP contribution is -2.52. The quantitative estimate of drug-likeness (QED) is 0.526. The van der Waals surface area contributed by atoms with Crippen molar-refractivity contribution in [2.75, 3.05) is 32.4 Å². The molecule has 2 aliphatic heterocycles. The summed E-state index contributed by atoms with van der Waals surface area (Å²) in [5.74, 6) is -0.173. The SMILES string of the molecule is CS(=O)(=O)c1cccc(C(=O)NS(=O)(=O)N2CCC(N3CCC(Oc4ccc(Cl)c(Cl)c4)CC3)CC2)c1. The first-order valence-corrected chi connectivity index (χ1v) is 16.0. The third-order valence-electron chi connectivity index (χ3n) is 6.70. The second-order valence-electron chi connectivity index (χ2n) is 9.30. The second kappa shape index (κ2) is 11.5. The van der Waals surface area contributed by atoms with Crippen molar-refractivity contribution in [1.82, 2.24) is 13.9 Å². The molecule has 1 amide bonds. The first kappa shape index (κ1) is 28.1. The van der Waals surface area contributed by atoms with E-state index in [-0.39, 0.29) is 35.7 Å². The molecule has 2 heterocycles. The van der Waals surface area contributed by atoms with Crippen LogP contribution in [0.5, 0.6) is 5.75 Å². The molecule has 0 radical (unpaired) electrons. The van der Waals surface area contributed by atoms with Gasteiger partial charge in [0.05, 0.1) is 14.9 Å². The molecule has 2 fully saturated rings. The topological polar surface area (TPSA) is 113 Å². The number of likely N-dealkylation sites (tertiary alicyclic amines) is 1. The van der Waals surface area contributed by atoms with Crippen molar-refractivity contribution in [3.05, 3.63) is 58.1 Å². The lowest BCUT2D eigenvalue weighted by Gasteiger charge is -2.41. The monoisotopic (exact) mass is 589 g/mol. The summed E-state index contributed by atoms with van der Waals surface area (Å²) in [7, 11) is -7.58. The Hall–Kier alpha value is -1.89. The van der Waals surface area contributed by atoms with Crippen LogP contribution in [0.25, 0.3) is 0 Å². The van der Waals surface area contributed by atoms with Gasteiger partial charge in [0, 0.05) is 50.1 Å². The van der Waals surface area contributed by atoms with Crippen molar-refractivity contribution >= 4 is 49.2 Å². The van der Waals surface area contributed by atoms with Crippen LogP contribution < -0.4 is 9.46 Å². The van der Waals surface area contributed by atoms with Crippen molar-refractivity contribution < 1.29 is 26.4 Å². The maximum absolute atomic E-state index is 12.8. The van der Waals surface area contributed by atoms with Crippen molar-refractivity contribution in [3.63, 3.8) is 0 Å². The van der Waals surface area contributed by atoms with E-state index in [2.05, 4.69) is 9.62 Å². The van der Waals surface area contributed by atoms with Crippen LogP contribution in [0.1, 0.15) is 36.0 Å². The van der Waals surface area contributed by atoms with Crippen molar-refractivity contribution in [1.29, 1.82) is 0 Å². The van der Waals surface area contributed by atoms with Crippen molar-refractivity contribution in [3.8, 4) is 5.75 Å². The molecule has 37 heavy (non-hydrogen) atoms. The molecule has 13 heteroatoms. The summed E-state index contributed by atoms with van der Waals surface area (Å²) in [4.78, 5) is 14.9. The third-order valence-corrected chi connectivity index (χ3v) is 10.0. The molecule has 0 atom stereocenters. The Bertz CT molecular complexity index is 1350. The van der Waals surface area contributed by atoms with E-state index in [1.165, 1.54) is 28.6 Å². The zero-order chi connectivity index (χ0) is 26.8. The summed E-state index contributed by atoms with van der Waals surface area (Å²) in [6.07, 6.45) is 4.10. The lowest BCUT2D eigenvalue weighted by molar-refractivity contribution is 0.0584. The van der Waals surface area contributed by atoms with Crippen LogP contribution in [0, 0.1) is 0 Å². The highest BCUT2D eigenvalue weighted by Crippen LogP contribution is 2.29. The number of piperidine rings is 2. The van der Waals surface area contributed by atoms with Gasteiger partial charge < -0.3 is 9.64 Å². The molecule has 0 aliphatic carbocycles. The van der Waals surface area contributed by atoms with Crippen LogP contribution in [0.4, 0.5) is 0 Å². The second-order valence-corrected chi connectivity index (χ2v) is 13.8. The fourth-order valence-corrected chi connectivity index (χ4v) is 6.79. The number of amides is 1. The highest BCUT2D eigenvalue weighted by molar-refractivity contribution is 7.90. The largest absolute Gasteiger partial charge is 0.490 e. The number of rotatable bonds is 7. The van der Waals surface area contributed by atoms with Gasteiger partial charge in [-0.1, -0.05) is 29.3 Å². The zero-order valence-corrected chi connectivity index (χ0v) is 23.4. The number of nitrogens with zero attached hydrogens (tertiary/aromatic N) is 2. The van der Waals surface area contributed by atoms with Gasteiger partial charge >= 0.3 is 10.2 Å². The standard InChI is InChI=1S/C24H29Cl2N3O6S2/c1-36(31,32)21-4-2-3-17(15-21)24(30)27-37(33,34)29-13-7-18(8-14-29)28-11-9-19(10-12-28)35-20-5-6-22(25)23(26)16-20/h2-6,15-16,18-19H,7-14H2,1H3,(H,27,30). The fourth-order valence-electron chi connectivity index (χ4n) is 4.66. The van der Waals surface area contributed by atoms with Crippen LogP contribution in [-0.2, 0) is 20.0 Å². The molecule has 2 aromatic carbocycles. The third kappa shape index (κ3) is 7.15. The molecule has 2 saturated heterocycles. The van der Waals surface area contributed by atoms with E-state index in [1.54, 1.807) is 18.2 Å². The molecule has 202 valence electrons. The molecule has 0 saturated carbocycles. The van der Waals surface area contributed by atoms with Gasteiger partial charge in [-0.05, 0) is 56.0 Å². The maximum Gasteiger partial charge on any atom is 0.304 e. The Kier molecular flexibility index (Phi) is 8.72. The summed E-state index contributed by atoms with van der Waals surface area (Å²) in [5.41, 5.74) is -0.0349. The molecular weight excluding hydrogens is 561 g/mol. The number of benzene rings is 2.